The number of para-hydroxylation sites is 1. The number of amidine groups is 1. The standard InChI is InChI=1S/C28H31N5O3/c1-33(2)12-4-7-26(35)31-16-17-8-11-25(34)22(13-17)20-5-3-6-21(27(20)36)24-15-19-14-18(28(29)30)9-10-23(19)32-24/h3,5-6,8-11,13-15,32,34,36H,4,7,12,16H2,1-2H3,(H3,29,30)(H,31,35). The van der Waals surface area contributed by atoms with Crippen molar-refractivity contribution < 1.29 is 15.0 Å². The molecule has 0 saturated heterocycles. The second kappa shape index (κ2) is 10.5. The van der Waals surface area contributed by atoms with Crippen molar-refractivity contribution in [1.82, 2.24) is 15.2 Å². The van der Waals surface area contributed by atoms with Gasteiger partial charge in [-0.1, -0.05) is 18.2 Å². The summed E-state index contributed by atoms with van der Waals surface area (Å²) in [5, 5.41) is 33.2. The minimum absolute atomic E-state index is 0.00963. The Hall–Kier alpha value is -4.30. The predicted octanol–water partition coefficient (Wildman–Crippen LogP) is 4.16. The van der Waals surface area contributed by atoms with E-state index in [9.17, 15) is 15.0 Å². The number of phenols is 2. The van der Waals surface area contributed by atoms with Crippen LogP contribution in [0.3, 0.4) is 0 Å². The van der Waals surface area contributed by atoms with Crippen LogP contribution < -0.4 is 11.1 Å². The van der Waals surface area contributed by atoms with E-state index in [1.165, 1.54) is 0 Å². The number of benzene rings is 3. The van der Waals surface area contributed by atoms with E-state index in [-0.39, 0.29) is 23.2 Å². The van der Waals surface area contributed by atoms with Crippen molar-refractivity contribution in [1.29, 1.82) is 5.41 Å². The van der Waals surface area contributed by atoms with Gasteiger partial charge in [-0.2, -0.15) is 0 Å². The number of nitrogens with two attached hydrogens (primary N) is 1. The number of nitrogens with zero attached hydrogens (tertiary/aromatic N) is 1. The van der Waals surface area contributed by atoms with Gasteiger partial charge in [0.2, 0.25) is 5.91 Å². The van der Waals surface area contributed by atoms with Crippen LogP contribution in [0.2, 0.25) is 0 Å². The number of amides is 1. The lowest BCUT2D eigenvalue weighted by atomic mass is 9.97. The van der Waals surface area contributed by atoms with E-state index in [2.05, 4.69) is 10.3 Å². The van der Waals surface area contributed by atoms with Crippen LogP contribution in [-0.4, -0.2) is 52.5 Å². The Labute approximate surface area is 209 Å². The van der Waals surface area contributed by atoms with Crippen LogP contribution >= 0.6 is 0 Å². The third kappa shape index (κ3) is 5.50. The van der Waals surface area contributed by atoms with Gasteiger partial charge < -0.3 is 31.1 Å². The van der Waals surface area contributed by atoms with Gasteiger partial charge in [0.05, 0.1) is 5.69 Å². The van der Waals surface area contributed by atoms with Crippen molar-refractivity contribution in [3.8, 4) is 33.9 Å². The molecule has 0 spiro atoms. The van der Waals surface area contributed by atoms with E-state index in [0.717, 1.165) is 29.4 Å². The summed E-state index contributed by atoms with van der Waals surface area (Å²) in [5.41, 5.74) is 10.1. The lowest BCUT2D eigenvalue weighted by molar-refractivity contribution is -0.121. The highest BCUT2D eigenvalue weighted by molar-refractivity contribution is 6.00. The van der Waals surface area contributed by atoms with Gasteiger partial charge in [0.1, 0.15) is 17.3 Å². The van der Waals surface area contributed by atoms with E-state index in [1.54, 1.807) is 36.4 Å². The van der Waals surface area contributed by atoms with Gasteiger partial charge in [-0.25, -0.2) is 0 Å². The smallest absolute Gasteiger partial charge is 0.220 e. The fourth-order valence-electron chi connectivity index (χ4n) is 4.18. The average molecular weight is 486 g/mol. The number of carbonyl (C=O) groups excluding carboxylic acids is 1. The quantitative estimate of drug-likeness (QED) is 0.156. The fourth-order valence-corrected chi connectivity index (χ4v) is 4.18. The normalized spacial score (nSPS) is 11.2. The number of nitrogen functional groups attached to an aromatic ring is 1. The summed E-state index contributed by atoms with van der Waals surface area (Å²) in [6, 6.07) is 17.8. The summed E-state index contributed by atoms with van der Waals surface area (Å²) in [4.78, 5) is 17.5. The highest BCUT2D eigenvalue weighted by Gasteiger charge is 2.16. The van der Waals surface area contributed by atoms with Crippen LogP contribution in [0.5, 0.6) is 11.5 Å². The summed E-state index contributed by atoms with van der Waals surface area (Å²) in [7, 11) is 3.95. The monoisotopic (exact) mass is 485 g/mol. The summed E-state index contributed by atoms with van der Waals surface area (Å²) < 4.78 is 0. The molecule has 0 bridgehead atoms. The van der Waals surface area contributed by atoms with Crippen LogP contribution in [0.1, 0.15) is 24.0 Å². The van der Waals surface area contributed by atoms with Crippen molar-refractivity contribution in [2.45, 2.75) is 19.4 Å². The number of aromatic nitrogens is 1. The maximum absolute atomic E-state index is 12.2. The van der Waals surface area contributed by atoms with Gasteiger partial charge >= 0.3 is 0 Å². The van der Waals surface area contributed by atoms with Crippen LogP contribution in [0.15, 0.2) is 60.7 Å². The van der Waals surface area contributed by atoms with Crippen molar-refractivity contribution in [2.24, 2.45) is 5.73 Å². The Morgan fingerprint density at radius 2 is 1.81 bits per heavy atom. The zero-order chi connectivity index (χ0) is 25.8. The van der Waals surface area contributed by atoms with Crippen LogP contribution in [0.25, 0.3) is 33.3 Å². The maximum atomic E-state index is 12.2. The van der Waals surface area contributed by atoms with Gasteiger partial charge in [-0.05, 0) is 75.1 Å². The molecule has 4 aromatic rings. The van der Waals surface area contributed by atoms with Crippen molar-refractivity contribution in [3.05, 3.63) is 71.8 Å². The molecule has 186 valence electrons. The lowest BCUT2D eigenvalue weighted by Crippen LogP contribution is -2.24. The molecule has 0 radical (unpaired) electrons. The SMILES string of the molecule is CN(C)CCCC(=O)NCc1ccc(O)c(-c2cccc(-c3cc4cc(C(=N)N)ccc4[nH]3)c2O)c1. The third-order valence-corrected chi connectivity index (χ3v) is 6.11. The summed E-state index contributed by atoms with van der Waals surface area (Å²) in [5.74, 6) is 0.0231. The fraction of sp³-hybridized carbons (Fsp3) is 0.214. The number of aromatic hydroxyl groups is 2. The second-order valence-electron chi connectivity index (χ2n) is 9.14. The molecule has 36 heavy (non-hydrogen) atoms. The Balaban J connectivity index is 1.59. The van der Waals surface area contributed by atoms with Crippen LogP contribution in [-0.2, 0) is 11.3 Å². The van der Waals surface area contributed by atoms with Crippen molar-refractivity contribution in [3.63, 3.8) is 0 Å². The molecule has 1 aromatic heterocycles. The molecule has 1 heterocycles. The zero-order valence-electron chi connectivity index (χ0n) is 20.4. The highest BCUT2D eigenvalue weighted by atomic mass is 16.3. The molecule has 0 aliphatic rings. The van der Waals surface area contributed by atoms with Gasteiger partial charge in [-0.15, -0.1) is 0 Å². The Kier molecular flexibility index (Phi) is 7.26. The molecule has 0 atom stereocenters. The molecule has 0 aliphatic heterocycles. The first-order chi connectivity index (χ1) is 17.2. The van der Waals surface area contributed by atoms with Crippen LogP contribution in [0.4, 0.5) is 0 Å². The first-order valence-corrected chi connectivity index (χ1v) is 11.8. The number of nitrogens with one attached hydrogen (secondary N) is 3. The Morgan fingerprint density at radius 1 is 1.03 bits per heavy atom. The van der Waals surface area contributed by atoms with Crippen molar-refractivity contribution >= 4 is 22.6 Å². The highest BCUT2D eigenvalue weighted by Crippen LogP contribution is 2.41. The summed E-state index contributed by atoms with van der Waals surface area (Å²) in [6.07, 6.45) is 1.23. The number of rotatable bonds is 9. The van der Waals surface area contributed by atoms with Crippen molar-refractivity contribution in [2.75, 3.05) is 20.6 Å². The number of hydrogen-bond donors (Lipinski definition) is 6. The number of fused-ring (bicyclic) bond motifs is 1. The molecule has 8 nitrogen and oxygen atoms in total. The van der Waals surface area contributed by atoms with E-state index in [4.69, 9.17) is 11.1 Å². The predicted molar refractivity (Wildman–Crippen MR) is 143 cm³/mol. The molecule has 7 N–H and O–H groups in total. The first-order valence-electron chi connectivity index (χ1n) is 11.8. The molecule has 0 unspecified atom stereocenters. The van der Waals surface area contributed by atoms with Crippen LogP contribution in [0, 0.1) is 5.41 Å². The number of carbonyl (C=O) groups is 1. The molecular weight excluding hydrogens is 454 g/mol. The molecule has 3 aromatic carbocycles. The van der Waals surface area contributed by atoms with Gasteiger partial charge in [0.25, 0.3) is 0 Å². The number of phenolic OH excluding ortho intramolecular Hbond substituents is 2. The number of hydrogen-bond acceptors (Lipinski definition) is 5. The maximum Gasteiger partial charge on any atom is 0.220 e. The third-order valence-electron chi connectivity index (χ3n) is 6.11. The Morgan fingerprint density at radius 3 is 2.56 bits per heavy atom. The molecule has 8 heteroatoms. The molecule has 4 rings (SSSR count). The Bertz CT molecular complexity index is 1420. The van der Waals surface area contributed by atoms with E-state index >= 15 is 0 Å². The molecule has 0 saturated carbocycles. The van der Waals surface area contributed by atoms with Gasteiger partial charge in [0.15, 0.2) is 0 Å². The molecule has 1 amide bonds. The lowest BCUT2D eigenvalue weighted by Gasteiger charge is -2.13. The van der Waals surface area contributed by atoms with Gasteiger partial charge in [0, 0.05) is 46.1 Å². The topological polar surface area (TPSA) is 138 Å². The molecule has 0 aliphatic carbocycles. The number of aromatic amines is 1. The van der Waals surface area contributed by atoms with E-state index in [0.29, 0.717) is 40.9 Å². The minimum atomic E-state index is -0.0249. The van der Waals surface area contributed by atoms with Gasteiger partial charge in [-0.3, -0.25) is 10.2 Å². The van der Waals surface area contributed by atoms with E-state index in [1.807, 2.05) is 43.3 Å². The average Bonchev–Trinajstić information content (AvgIpc) is 3.27. The zero-order valence-corrected chi connectivity index (χ0v) is 20.4. The largest absolute Gasteiger partial charge is 0.507 e. The second-order valence-corrected chi connectivity index (χ2v) is 9.14. The van der Waals surface area contributed by atoms with E-state index < -0.39 is 0 Å². The number of H-pyrrole nitrogens is 1. The molecule has 0 fully saturated rings. The first kappa shape index (κ1) is 24.8. The minimum Gasteiger partial charge on any atom is -0.507 e. The summed E-state index contributed by atoms with van der Waals surface area (Å²) >= 11 is 0. The summed E-state index contributed by atoms with van der Waals surface area (Å²) in [6.45, 7) is 1.18. The molecular formula is C28H31N5O3.